The summed E-state index contributed by atoms with van der Waals surface area (Å²) in [5, 5.41) is 3.59. The van der Waals surface area contributed by atoms with Crippen LogP contribution in [0.1, 0.15) is 32.4 Å². The van der Waals surface area contributed by atoms with E-state index in [4.69, 9.17) is 0 Å². The number of hydrogen-bond acceptors (Lipinski definition) is 3. The lowest BCUT2D eigenvalue weighted by atomic mass is 9.98. The van der Waals surface area contributed by atoms with Crippen LogP contribution in [0.25, 0.3) is 0 Å². The van der Waals surface area contributed by atoms with Gasteiger partial charge in [0.25, 0.3) is 0 Å². The van der Waals surface area contributed by atoms with E-state index in [1.54, 1.807) is 0 Å². The van der Waals surface area contributed by atoms with Crippen LogP contribution in [0.5, 0.6) is 0 Å². The van der Waals surface area contributed by atoms with Crippen molar-refractivity contribution in [2.75, 3.05) is 46.3 Å². The Morgan fingerprint density at radius 1 is 1.14 bits per heavy atom. The van der Waals surface area contributed by atoms with Gasteiger partial charge in [0.1, 0.15) is 0 Å². The summed E-state index contributed by atoms with van der Waals surface area (Å²) in [5.74, 6) is 0.624. The minimum atomic E-state index is 0.472. The summed E-state index contributed by atoms with van der Waals surface area (Å²) in [7, 11) is 2.21. The number of nitrogens with zero attached hydrogens (tertiary/aromatic N) is 3. The van der Waals surface area contributed by atoms with Crippen LogP contribution in [0, 0.1) is 5.92 Å². The van der Waals surface area contributed by atoms with Crippen LogP contribution in [-0.4, -0.2) is 60.7 Å². The molecule has 0 spiro atoms. The molecule has 1 aliphatic heterocycles. The van der Waals surface area contributed by atoms with E-state index in [1.165, 1.54) is 31.7 Å². The third-order valence-corrected chi connectivity index (χ3v) is 4.49. The number of piperazine rings is 1. The van der Waals surface area contributed by atoms with Crippen LogP contribution in [-0.2, 0) is 6.54 Å². The third kappa shape index (κ3) is 4.83. The maximum atomic E-state index is 3.59. The first kappa shape index (κ1) is 16.5. The fourth-order valence-electron chi connectivity index (χ4n) is 3.07. The highest BCUT2D eigenvalue weighted by Gasteiger charge is 2.16. The van der Waals surface area contributed by atoms with Crippen molar-refractivity contribution in [1.82, 2.24) is 19.7 Å². The van der Waals surface area contributed by atoms with Gasteiger partial charge in [-0.25, -0.2) is 0 Å². The molecular weight excluding hydrogens is 260 g/mol. The van der Waals surface area contributed by atoms with E-state index in [0.717, 1.165) is 19.6 Å². The van der Waals surface area contributed by atoms with Gasteiger partial charge in [-0.05, 0) is 31.1 Å². The van der Waals surface area contributed by atoms with Crippen LogP contribution in [0.2, 0.25) is 0 Å². The van der Waals surface area contributed by atoms with Crippen molar-refractivity contribution in [3.63, 3.8) is 0 Å². The molecule has 0 aliphatic carbocycles. The Morgan fingerprint density at radius 2 is 1.86 bits per heavy atom. The fourth-order valence-corrected chi connectivity index (χ4v) is 3.07. The van der Waals surface area contributed by atoms with Gasteiger partial charge in [0, 0.05) is 57.7 Å². The predicted octanol–water partition coefficient (Wildman–Crippen LogP) is 2.04. The molecule has 1 N–H and O–H groups in total. The highest BCUT2D eigenvalue weighted by Crippen LogP contribution is 2.21. The van der Waals surface area contributed by atoms with Crippen molar-refractivity contribution in [3.8, 4) is 0 Å². The molecule has 0 bridgehead atoms. The molecule has 0 aromatic carbocycles. The Balaban J connectivity index is 1.85. The minimum absolute atomic E-state index is 0.472. The summed E-state index contributed by atoms with van der Waals surface area (Å²) in [5.41, 5.74) is 1.42. The molecule has 2 heterocycles. The van der Waals surface area contributed by atoms with Crippen molar-refractivity contribution in [1.29, 1.82) is 0 Å². The van der Waals surface area contributed by atoms with Crippen LogP contribution in [0.15, 0.2) is 18.5 Å². The summed E-state index contributed by atoms with van der Waals surface area (Å²) in [4.78, 5) is 4.98. The number of hydrogen-bond donors (Lipinski definition) is 1. The normalized spacial score (nSPS) is 19.3. The molecule has 1 aromatic rings. The molecule has 120 valence electrons. The molecule has 1 saturated heterocycles. The number of nitrogens with one attached hydrogen (secondary N) is 1. The van der Waals surface area contributed by atoms with Crippen molar-refractivity contribution < 1.29 is 0 Å². The van der Waals surface area contributed by atoms with Crippen molar-refractivity contribution >= 4 is 0 Å². The van der Waals surface area contributed by atoms with Gasteiger partial charge in [0.05, 0.1) is 0 Å². The zero-order chi connectivity index (χ0) is 15.2. The highest BCUT2D eigenvalue weighted by atomic mass is 15.2. The quantitative estimate of drug-likeness (QED) is 0.832. The summed E-state index contributed by atoms with van der Waals surface area (Å²) >= 11 is 0. The number of likely N-dealkylation sites (N-methyl/N-ethyl adjacent to an activating group) is 1. The van der Waals surface area contributed by atoms with Crippen LogP contribution >= 0.6 is 0 Å². The fraction of sp³-hybridized carbons (Fsp3) is 0.765. The second-order valence-electron chi connectivity index (χ2n) is 6.61. The molecule has 0 saturated carbocycles. The van der Waals surface area contributed by atoms with E-state index in [1.807, 2.05) is 0 Å². The molecular formula is C17H32N4. The topological polar surface area (TPSA) is 23.4 Å². The van der Waals surface area contributed by atoms with Crippen molar-refractivity contribution in [3.05, 3.63) is 24.0 Å². The zero-order valence-electron chi connectivity index (χ0n) is 14.2. The summed E-state index contributed by atoms with van der Waals surface area (Å²) in [6.45, 7) is 14.8. The first-order valence-corrected chi connectivity index (χ1v) is 8.40. The molecule has 21 heavy (non-hydrogen) atoms. The molecule has 0 radical (unpaired) electrons. The minimum Gasteiger partial charge on any atom is -0.353 e. The van der Waals surface area contributed by atoms with E-state index in [-0.39, 0.29) is 0 Å². The molecule has 0 amide bonds. The molecule has 1 atom stereocenters. The Bertz CT molecular complexity index is 405. The lowest BCUT2D eigenvalue weighted by Gasteiger charge is -2.32. The first-order chi connectivity index (χ1) is 10.1. The van der Waals surface area contributed by atoms with Gasteiger partial charge in [-0.15, -0.1) is 0 Å². The Labute approximate surface area is 130 Å². The van der Waals surface area contributed by atoms with Crippen molar-refractivity contribution in [2.24, 2.45) is 5.92 Å². The second kappa shape index (κ2) is 7.97. The van der Waals surface area contributed by atoms with Gasteiger partial charge in [0.2, 0.25) is 0 Å². The van der Waals surface area contributed by atoms with Crippen LogP contribution in [0.4, 0.5) is 0 Å². The Kier molecular flexibility index (Phi) is 6.27. The summed E-state index contributed by atoms with van der Waals surface area (Å²) < 4.78 is 2.35. The maximum absolute atomic E-state index is 3.59. The highest BCUT2D eigenvalue weighted by molar-refractivity contribution is 5.16. The van der Waals surface area contributed by atoms with Crippen LogP contribution in [0.3, 0.4) is 0 Å². The van der Waals surface area contributed by atoms with Crippen LogP contribution < -0.4 is 5.32 Å². The maximum Gasteiger partial charge on any atom is 0.0358 e. The summed E-state index contributed by atoms with van der Waals surface area (Å²) in [6.07, 6.45) is 4.56. The average molecular weight is 292 g/mol. The molecule has 1 aromatic heterocycles. The van der Waals surface area contributed by atoms with E-state index >= 15 is 0 Å². The van der Waals surface area contributed by atoms with Gasteiger partial charge in [-0.1, -0.05) is 20.8 Å². The Hall–Kier alpha value is -0.840. The molecule has 4 heteroatoms. The van der Waals surface area contributed by atoms with E-state index in [9.17, 15) is 0 Å². The Morgan fingerprint density at radius 3 is 2.48 bits per heavy atom. The average Bonchev–Trinajstić information content (AvgIpc) is 2.92. The van der Waals surface area contributed by atoms with Gasteiger partial charge < -0.3 is 14.8 Å². The van der Waals surface area contributed by atoms with E-state index in [2.05, 4.69) is 66.0 Å². The standard InChI is InChI=1S/C17H32N4/c1-5-18-17(15(2)3)16-6-7-21(14-16)13-12-20-10-8-19(4)9-11-20/h6-7,14-15,17-18H,5,8-13H2,1-4H3. The van der Waals surface area contributed by atoms with Gasteiger partial charge >= 0.3 is 0 Å². The summed E-state index contributed by atoms with van der Waals surface area (Å²) in [6, 6.07) is 2.75. The molecule has 1 unspecified atom stereocenters. The zero-order valence-corrected chi connectivity index (χ0v) is 14.2. The van der Waals surface area contributed by atoms with Gasteiger partial charge in [-0.3, -0.25) is 4.90 Å². The molecule has 1 fully saturated rings. The largest absolute Gasteiger partial charge is 0.353 e. The number of rotatable bonds is 7. The molecule has 1 aliphatic rings. The second-order valence-corrected chi connectivity index (χ2v) is 6.61. The molecule has 2 rings (SSSR count). The van der Waals surface area contributed by atoms with E-state index < -0.39 is 0 Å². The lowest BCUT2D eigenvalue weighted by molar-refractivity contribution is 0.150. The number of aromatic nitrogens is 1. The first-order valence-electron chi connectivity index (χ1n) is 8.40. The van der Waals surface area contributed by atoms with E-state index in [0.29, 0.717) is 12.0 Å². The monoisotopic (exact) mass is 292 g/mol. The third-order valence-electron chi connectivity index (χ3n) is 4.49. The lowest BCUT2D eigenvalue weighted by Crippen LogP contribution is -2.45. The smallest absolute Gasteiger partial charge is 0.0358 e. The SMILES string of the molecule is CCNC(c1ccn(CCN2CCN(C)CC2)c1)C(C)C. The predicted molar refractivity (Wildman–Crippen MR) is 89.6 cm³/mol. The van der Waals surface area contributed by atoms with Gasteiger partial charge in [-0.2, -0.15) is 0 Å². The van der Waals surface area contributed by atoms with Crippen molar-refractivity contribution in [2.45, 2.75) is 33.4 Å². The molecule has 4 nitrogen and oxygen atoms in total. The van der Waals surface area contributed by atoms with Gasteiger partial charge in [0.15, 0.2) is 0 Å².